The Morgan fingerprint density at radius 3 is 2.53 bits per heavy atom. The topological polar surface area (TPSA) is 75.6 Å². The van der Waals surface area contributed by atoms with Crippen LogP contribution >= 0.6 is 0 Å². The maximum Gasteiger partial charge on any atom is 0.257 e. The van der Waals surface area contributed by atoms with E-state index in [4.69, 9.17) is 4.74 Å². The molecule has 1 aromatic heterocycles. The van der Waals surface area contributed by atoms with E-state index < -0.39 is 0 Å². The van der Waals surface area contributed by atoms with Gasteiger partial charge in [0, 0.05) is 24.6 Å². The Hall–Kier alpha value is -3.58. The van der Waals surface area contributed by atoms with Crippen LogP contribution in [0, 0.1) is 0 Å². The number of aryl methyl sites for hydroxylation is 1. The van der Waals surface area contributed by atoms with Gasteiger partial charge in [0.15, 0.2) is 0 Å². The SMILES string of the molecule is COc1ccc(NC(=O)c2ccccc2NC(=O)CN2CCC[C@@H]2c2cccn2C)cc1. The zero-order valence-electron chi connectivity index (χ0n) is 18.4. The summed E-state index contributed by atoms with van der Waals surface area (Å²) in [6.45, 7) is 1.16. The average molecular weight is 433 g/mol. The van der Waals surface area contributed by atoms with Crippen LogP contribution in [0.15, 0.2) is 66.9 Å². The van der Waals surface area contributed by atoms with E-state index in [1.54, 1.807) is 49.6 Å². The van der Waals surface area contributed by atoms with Crippen LogP contribution in [0.4, 0.5) is 11.4 Å². The van der Waals surface area contributed by atoms with Gasteiger partial charge in [0.1, 0.15) is 5.75 Å². The first-order valence-corrected chi connectivity index (χ1v) is 10.7. The predicted molar refractivity (Wildman–Crippen MR) is 125 cm³/mol. The molecular formula is C25H28N4O3. The van der Waals surface area contributed by atoms with Crippen molar-refractivity contribution >= 4 is 23.2 Å². The lowest BCUT2D eigenvalue weighted by Crippen LogP contribution is -2.34. The lowest BCUT2D eigenvalue weighted by atomic mass is 10.1. The number of methoxy groups -OCH3 is 1. The van der Waals surface area contributed by atoms with E-state index in [2.05, 4.69) is 26.2 Å². The maximum absolute atomic E-state index is 12.9. The molecule has 1 saturated heterocycles. The van der Waals surface area contributed by atoms with E-state index in [-0.39, 0.29) is 24.4 Å². The Kier molecular flexibility index (Phi) is 6.56. The Balaban J connectivity index is 1.42. The quantitative estimate of drug-likeness (QED) is 0.590. The first-order valence-electron chi connectivity index (χ1n) is 10.7. The number of carbonyl (C=O) groups is 2. The number of rotatable bonds is 7. The number of para-hydroxylation sites is 1. The molecule has 1 atom stereocenters. The second-order valence-electron chi connectivity index (χ2n) is 7.95. The molecule has 1 aliphatic heterocycles. The van der Waals surface area contributed by atoms with Crippen molar-refractivity contribution < 1.29 is 14.3 Å². The molecule has 0 aliphatic carbocycles. The van der Waals surface area contributed by atoms with E-state index >= 15 is 0 Å². The van der Waals surface area contributed by atoms with Crippen molar-refractivity contribution in [2.24, 2.45) is 7.05 Å². The van der Waals surface area contributed by atoms with Crippen molar-refractivity contribution in [2.75, 3.05) is 30.8 Å². The summed E-state index contributed by atoms with van der Waals surface area (Å²) >= 11 is 0. The highest BCUT2D eigenvalue weighted by molar-refractivity contribution is 6.10. The molecule has 166 valence electrons. The zero-order chi connectivity index (χ0) is 22.5. The highest BCUT2D eigenvalue weighted by Crippen LogP contribution is 2.31. The molecular weight excluding hydrogens is 404 g/mol. The Morgan fingerprint density at radius 1 is 1.03 bits per heavy atom. The van der Waals surface area contributed by atoms with Crippen molar-refractivity contribution in [1.82, 2.24) is 9.47 Å². The summed E-state index contributed by atoms with van der Waals surface area (Å²) in [6.07, 6.45) is 4.12. The second-order valence-corrected chi connectivity index (χ2v) is 7.95. The van der Waals surface area contributed by atoms with Crippen molar-refractivity contribution in [2.45, 2.75) is 18.9 Å². The van der Waals surface area contributed by atoms with Gasteiger partial charge >= 0.3 is 0 Å². The lowest BCUT2D eigenvalue weighted by molar-refractivity contribution is -0.117. The van der Waals surface area contributed by atoms with Gasteiger partial charge < -0.3 is 19.9 Å². The van der Waals surface area contributed by atoms with Gasteiger partial charge in [0.05, 0.1) is 30.9 Å². The molecule has 7 heteroatoms. The molecule has 2 heterocycles. The molecule has 2 amide bonds. The first kappa shape index (κ1) is 21.6. The first-order chi connectivity index (χ1) is 15.5. The molecule has 32 heavy (non-hydrogen) atoms. The molecule has 0 unspecified atom stereocenters. The third kappa shape index (κ3) is 4.84. The summed E-state index contributed by atoms with van der Waals surface area (Å²) in [4.78, 5) is 27.9. The van der Waals surface area contributed by atoms with Gasteiger partial charge in [-0.1, -0.05) is 12.1 Å². The summed E-state index contributed by atoms with van der Waals surface area (Å²) in [5, 5.41) is 5.80. The van der Waals surface area contributed by atoms with Crippen LogP contribution in [-0.2, 0) is 11.8 Å². The number of hydrogen-bond donors (Lipinski definition) is 2. The van der Waals surface area contributed by atoms with Gasteiger partial charge in [-0.05, 0) is 67.9 Å². The van der Waals surface area contributed by atoms with Crippen LogP contribution in [0.5, 0.6) is 5.75 Å². The number of ether oxygens (including phenoxy) is 1. The Labute approximate surface area is 188 Å². The molecule has 4 rings (SSSR count). The summed E-state index contributed by atoms with van der Waals surface area (Å²) < 4.78 is 7.26. The number of amides is 2. The fourth-order valence-corrected chi connectivity index (χ4v) is 4.21. The summed E-state index contributed by atoms with van der Waals surface area (Å²) in [5.74, 6) is 0.302. The fraction of sp³-hybridized carbons (Fsp3) is 0.280. The minimum Gasteiger partial charge on any atom is -0.497 e. The smallest absolute Gasteiger partial charge is 0.257 e. The average Bonchev–Trinajstić information content (AvgIpc) is 3.42. The minimum absolute atomic E-state index is 0.129. The van der Waals surface area contributed by atoms with Crippen LogP contribution in [0.3, 0.4) is 0 Å². The van der Waals surface area contributed by atoms with Gasteiger partial charge in [0.25, 0.3) is 5.91 Å². The van der Waals surface area contributed by atoms with Crippen molar-refractivity contribution in [3.8, 4) is 5.75 Å². The molecule has 3 aromatic rings. The highest BCUT2D eigenvalue weighted by atomic mass is 16.5. The third-order valence-electron chi connectivity index (χ3n) is 5.83. The monoisotopic (exact) mass is 432 g/mol. The number of hydrogen-bond acceptors (Lipinski definition) is 4. The fourth-order valence-electron chi connectivity index (χ4n) is 4.21. The second kappa shape index (κ2) is 9.70. The van der Waals surface area contributed by atoms with Crippen LogP contribution in [0.25, 0.3) is 0 Å². The molecule has 1 aliphatic rings. The Bertz CT molecular complexity index is 1090. The molecule has 0 saturated carbocycles. The van der Waals surface area contributed by atoms with E-state index in [1.807, 2.05) is 25.4 Å². The number of nitrogens with one attached hydrogen (secondary N) is 2. The standard InChI is InChI=1S/C25H28N4O3/c1-28-15-5-9-22(28)23-10-6-16-29(23)17-24(30)27-21-8-4-3-7-20(21)25(31)26-18-11-13-19(32-2)14-12-18/h3-5,7-9,11-15,23H,6,10,16-17H2,1-2H3,(H,26,31)(H,27,30)/t23-/m1/s1. The van der Waals surface area contributed by atoms with Crippen LogP contribution < -0.4 is 15.4 Å². The predicted octanol–water partition coefficient (Wildman–Crippen LogP) is 4.06. The number of likely N-dealkylation sites (tertiary alicyclic amines) is 1. The van der Waals surface area contributed by atoms with E-state index in [0.717, 1.165) is 19.4 Å². The summed E-state index contributed by atoms with van der Waals surface area (Å²) in [7, 11) is 3.63. The molecule has 1 fully saturated rings. The molecule has 0 radical (unpaired) electrons. The zero-order valence-corrected chi connectivity index (χ0v) is 18.4. The summed E-state index contributed by atoms with van der Waals surface area (Å²) in [6, 6.07) is 18.5. The number of nitrogens with zero attached hydrogens (tertiary/aromatic N) is 2. The molecule has 2 aromatic carbocycles. The molecule has 2 N–H and O–H groups in total. The van der Waals surface area contributed by atoms with E-state index in [0.29, 0.717) is 22.7 Å². The van der Waals surface area contributed by atoms with Gasteiger partial charge in [-0.2, -0.15) is 0 Å². The molecule has 0 spiro atoms. The van der Waals surface area contributed by atoms with Gasteiger partial charge in [-0.25, -0.2) is 0 Å². The highest BCUT2D eigenvalue weighted by Gasteiger charge is 2.29. The third-order valence-corrected chi connectivity index (χ3v) is 5.83. The van der Waals surface area contributed by atoms with E-state index in [9.17, 15) is 9.59 Å². The van der Waals surface area contributed by atoms with Crippen LogP contribution in [-0.4, -0.2) is 41.5 Å². The van der Waals surface area contributed by atoms with Gasteiger partial charge in [-0.15, -0.1) is 0 Å². The number of carbonyl (C=O) groups excluding carboxylic acids is 2. The lowest BCUT2D eigenvalue weighted by Gasteiger charge is -2.24. The van der Waals surface area contributed by atoms with Gasteiger partial charge in [-0.3, -0.25) is 14.5 Å². The van der Waals surface area contributed by atoms with Crippen LogP contribution in [0.2, 0.25) is 0 Å². The van der Waals surface area contributed by atoms with Crippen molar-refractivity contribution in [1.29, 1.82) is 0 Å². The van der Waals surface area contributed by atoms with Crippen LogP contribution in [0.1, 0.15) is 34.9 Å². The van der Waals surface area contributed by atoms with Crippen molar-refractivity contribution in [3.05, 3.63) is 78.1 Å². The van der Waals surface area contributed by atoms with E-state index in [1.165, 1.54) is 5.69 Å². The largest absolute Gasteiger partial charge is 0.497 e. The molecule has 7 nitrogen and oxygen atoms in total. The minimum atomic E-state index is -0.283. The maximum atomic E-state index is 12.9. The normalized spacial score (nSPS) is 16.0. The van der Waals surface area contributed by atoms with Crippen molar-refractivity contribution in [3.63, 3.8) is 0 Å². The van der Waals surface area contributed by atoms with Gasteiger partial charge in [0.2, 0.25) is 5.91 Å². The molecule has 0 bridgehead atoms. The number of anilines is 2. The number of benzene rings is 2. The number of aromatic nitrogens is 1. The summed E-state index contributed by atoms with van der Waals surface area (Å²) in [5.41, 5.74) is 2.78. The Morgan fingerprint density at radius 2 is 1.81 bits per heavy atom.